The SMILES string of the molecule is O=C([O-])[C@H]1[C@H]2CC[C@H](C2)[C@@H]1C(=O)Nc1ccc2ccccc2c1. The molecule has 0 saturated heterocycles. The van der Waals surface area contributed by atoms with Crippen LogP contribution in [0.4, 0.5) is 5.69 Å². The highest BCUT2D eigenvalue weighted by atomic mass is 16.4. The molecule has 0 unspecified atom stereocenters. The Bertz CT molecular complexity index is 785. The second kappa shape index (κ2) is 5.37. The van der Waals surface area contributed by atoms with Gasteiger partial charge in [0.05, 0.1) is 0 Å². The summed E-state index contributed by atoms with van der Waals surface area (Å²) in [6.45, 7) is 0. The lowest BCUT2D eigenvalue weighted by atomic mass is 9.78. The topological polar surface area (TPSA) is 69.2 Å². The van der Waals surface area contributed by atoms with E-state index in [4.69, 9.17) is 0 Å². The van der Waals surface area contributed by atoms with E-state index in [0.29, 0.717) is 5.69 Å². The molecule has 2 aromatic rings. The second-order valence-corrected chi connectivity index (χ2v) is 6.75. The van der Waals surface area contributed by atoms with Crippen LogP contribution in [0, 0.1) is 23.7 Å². The van der Waals surface area contributed by atoms with Crippen molar-refractivity contribution in [1.29, 1.82) is 0 Å². The summed E-state index contributed by atoms with van der Waals surface area (Å²) in [5.74, 6) is -2.04. The zero-order valence-electron chi connectivity index (χ0n) is 12.7. The molecule has 2 aliphatic rings. The highest BCUT2D eigenvalue weighted by Gasteiger charge is 2.51. The standard InChI is InChI=1S/C19H19NO3/c21-18(16-13-5-6-14(9-13)17(16)19(22)23)20-15-8-7-11-3-1-2-4-12(11)10-15/h1-4,7-8,10,13-14,16-17H,5-6,9H2,(H,20,21)(H,22,23)/p-1/t13-,14+,16+,17+/m1/s1. The maximum atomic E-state index is 12.7. The molecule has 4 atom stereocenters. The Hall–Kier alpha value is -2.36. The van der Waals surface area contributed by atoms with E-state index in [1.807, 2.05) is 42.5 Å². The fourth-order valence-electron chi connectivity index (χ4n) is 4.50. The van der Waals surface area contributed by atoms with E-state index in [1.54, 1.807) is 0 Å². The van der Waals surface area contributed by atoms with Gasteiger partial charge in [-0.3, -0.25) is 4.79 Å². The second-order valence-electron chi connectivity index (χ2n) is 6.75. The zero-order chi connectivity index (χ0) is 16.0. The van der Waals surface area contributed by atoms with Gasteiger partial charge < -0.3 is 15.2 Å². The number of carboxylic acids is 1. The summed E-state index contributed by atoms with van der Waals surface area (Å²) in [6.07, 6.45) is 2.70. The lowest BCUT2D eigenvalue weighted by Crippen LogP contribution is -2.43. The summed E-state index contributed by atoms with van der Waals surface area (Å²) in [5.41, 5.74) is 0.716. The number of nitrogens with one attached hydrogen (secondary N) is 1. The summed E-state index contributed by atoms with van der Waals surface area (Å²) >= 11 is 0. The molecule has 118 valence electrons. The Labute approximate surface area is 134 Å². The van der Waals surface area contributed by atoms with Crippen LogP contribution in [0.5, 0.6) is 0 Å². The van der Waals surface area contributed by atoms with E-state index >= 15 is 0 Å². The summed E-state index contributed by atoms with van der Waals surface area (Å²) < 4.78 is 0. The number of benzene rings is 2. The van der Waals surface area contributed by atoms with Crippen LogP contribution in [-0.4, -0.2) is 11.9 Å². The molecule has 2 saturated carbocycles. The number of anilines is 1. The van der Waals surface area contributed by atoms with Gasteiger partial charge in [0, 0.05) is 23.5 Å². The minimum atomic E-state index is -1.07. The smallest absolute Gasteiger partial charge is 0.228 e. The predicted octanol–water partition coefficient (Wildman–Crippen LogP) is 2.19. The van der Waals surface area contributed by atoms with E-state index in [9.17, 15) is 14.7 Å². The highest BCUT2D eigenvalue weighted by Crippen LogP contribution is 2.52. The first-order valence-corrected chi connectivity index (χ1v) is 8.14. The molecular formula is C19H18NO3-. The van der Waals surface area contributed by atoms with Crippen molar-refractivity contribution in [2.75, 3.05) is 5.32 Å². The van der Waals surface area contributed by atoms with Crippen LogP contribution in [0.3, 0.4) is 0 Å². The van der Waals surface area contributed by atoms with E-state index < -0.39 is 17.8 Å². The number of carbonyl (C=O) groups is 2. The zero-order valence-corrected chi connectivity index (χ0v) is 12.7. The van der Waals surface area contributed by atoms with Crippen molar-refractivity contribution in [3.05, 3.63) is 42.5 Å². The molecule has 0 aromatic heterocycles. The quantitative estimate of drug-likeness (QED) is 0.945. The number of fused-ring (bicyclic) bond motifs is 3. The number of rotatable bonds is 3. The number of carboxylic acid groups (broad SMARTS) is 1. The van der Waals surface area contributed by atoms with E-state index in [1.165, 1.54) is 0 Å². The average Bonchev–Trinajstić information content (AvgIpc) is 3.15. The first kappa shape index (κ1) is 14.2. The third-order valence-corrected chi connectivity index (χ3v) is 5.51. The number of hydrogen-bond acceptors (Lipinski definition) is 3. The van der Waals surface area contributed by atoms with Crippen LogP contribution in [0.2, 0.25) is 0 Å². The minimum absolute atomic E-state index is 0.109. The lowest BCUT2D eigenvalue weighted by Gasteiger charge is -2.30. The van der Waals surface area contributed by atoms with Crippen molar-refractivity contribution in [3.63, 3.8) is 0 Å². The van der Waals surface area contributed by atoms with E-state index in [2.05, 4.69) is 5.32 Å². The Morgan fingerprint density at radius 2 is 1.65 bits per heavy atom. The Morgan fingerprint density at radius 3 is 2.39 bits per heavy atom. The van der Waals surface area contributed by atoms with Gasteiger partial charge in [-0.25, -0.2) is 0 Å². The monoisotopic (exact) mass is 308 g/mol. The van der Waals surface area contributed by atoms with Gasteiger partial charge in [0.2, 0.25) is 5.91 Å². The fourth-order valence-corrected chi connectivity index (χ4v) is 4.50. The molecule has 0 aliphatic heterocycles. The normalized spacial score (nSPS) is 28.9. The Balaban J connectivity index is 1.57. The van der Waals surface area contributed by atoms with Gasteiger partial charge in [-0.15, -0.1) is 0 Å². The molecule has 2 aromatic carbocycles. The predicted molar refractivity (Wildman–Crippen MR) is 85.4 cm³/mol. The maximum Gasteiger partial charge on any atom is 0.228 e. The molecule has 2 bridgehead atoms. The number of hydrogen-bond donors (Lipinski definition) is 1. The van der Waals surface area contributed by atoms with Gasteiger partial charge >= 0.3 is 0 Å². The third kappa shape index (κ3) is 2.38. The van der Waals surface area contributed by atoms with Crippen LogP contribution in [0.15, 0.2) is 42.5 Å². The average molecular weight is 308 g/mol. The molecule has 4 heteroatoms. The maximum absolute atomic E-state index is 12.7. The molecule has 4 rings (SSSR count). The summed E-state index contributed by atoms with van der Waals surface area (Å²) in [4.78, 5) is 24.1. The molecule has 2 aliphatic carbocycles. The molecule has 0 radical (unpaired) electrons. The molecule has 1 amide bonds. The minimum Gasteiger partial charge on any atom is -0.550 e. The molecule has 23 heavy (non-hydrogen) atoms. The molecule has 0 heterocycles. The van der Waals surface area contributed by atoms with Gasteiger partial charge in [0.25, 0.3) is 0 Å². The first-order valence-electron chi connectivity index (χ1n) is 8.14. The van der Waals surface area contributed by atoms with E-state index in [0.717, 1.165) is 30.0 Å². The van der Waals surface area contributed by atoms with Gasteiger partial charge in [-0.2, -0.15) is 0 Å². The van der Waals surface area contributed by atoms with Gasteiger partial charge in [0.1, 0.15) is 0 Å². The van der Waals surface area contributed by atoms with Crippen LogP contribution in [-0.2, 0) is 9.59 Å². The van der Waals surface area contributed by atoms with Crippen molar-refractivity contribution in [2.24, 2.45) is 23.7 Å². The van der Waals surface area contributed by atoms with Crippen LogP contribution in [0.25, 0.3) is 10.8 Å². The number of amides is 1. The van der Waals surface area contributed by atoms with Gasteiger partial charge in [-0.05, 0) is 54.0 Å². The van der Waals surface area contributed by atoms with Crippen molar-refractivity contribution in [3.8, 4) is 0 Å². The molecular weight excluding hydrogens is 290 g/mol. The van der Waals surface area contributed by atoms with Crippen LogP contribution in [0.1, 0.15) is 19.3 Å². The first-order chi connectivity index (χ1) is 11.1. The van der Waals surface area contributed by atoms with Crippen molar-refractivity contribution < 1.29 is 14.7 Å². The van der Waals surface area contributed by atoms with E-state index in [-0.39, 0.29) is 17.7 Å². The Kier molecular flexibility index (Phi) is 3.33. The largest absolute Gasteiger partial charge is 0.550 e. The fraction of sp³-hybridized carbons (Fsp3) is 0.368. The summed E-state index contributed by atoms with van der Waals surface area (Å²) in [7, 11) is 0. The highest BCUT2D eigenvalue weighted by molar-refractivity contribution is 5.97. The summed E-state index contributed by atoms with van der Waals surface area (Å²) in [6, 6.07) is 13.7. The van der Waals surface area contributed by atoms with Crippen molar-refractivity contribution in [2.45, 2.75) is 19.3 Å². The van der Waals surface area contributed by atoms with Crippen molar-refractivity contribution >= 4 is 28.3 Å². The molecule has 1 N–H and O–H groups in total. The summed E-state index contributed by atoms with van der Waals surface area (Å²) in [5, 5.41) is 16.5. The van der Waals surface area contributed by atoms with Gasteiger partial charge in [0.15, 0.2) is 0 Å². The van der Waals surface area contributed by atoms with Gasteiger partial charge in [-0.1, -0.05) is 30.3 Å². The van der Waals surface area contributed by atoms with Crippen molar-refractivity contribution in [1.82, 2.24) is 0 Å². The van der Waals surface area contributed by atoms with Crippen LogP contribution < -0.4 is 10.4 Å². The third-order valence-electron chi connectivity index (χ3n) is 5.51. The van der Waals surface area contributed by atoms with Crippen LogP contribution >= 0.6 is 0 Å². The number of carbonyl (C=O) groups excluding carboxylic acids is 2. The molecule has 2 fully saturated rings. The molecule has 4 nitrogen and oxygen atoms in total. The molecule has 0 spiro atoms. The number of aliphatic carboxylic acids is 1. The lowest BCUT2D eigenvalue weighted by molar-refractivity contribution is -0.314. The Morgan fingerprint density at radius 1 is 0.957 bits per heavy atom.